The Balaban J connectivity index is 2.13. The second-order valence-corrected chi connectivity index (χ2v) is 4.89. The smallest absolute Gasteiger partial charge is 0.142 e. The van der Waals surface area contributed by atoms with Crippen molar-refractivity contribution >= 4 is 11.6 Å². The van der Waals surface area contributed by atoms with Gasteiger partial charge in [0.25, 0.3) is 0 Å². The Morgan fingerprint density at radius 1 is 1.47 bits per heavy atom. The second-order valence-electron chi connectivity index (χ2n) is 4.48. The van der Waals surface area contributed by atoms with Crippen LogP contribution in [-0.4, -0.2) is 14.7 Å². The van der Waals surface area contributed by atoms with Gasteiger partial charge < -0.3 is 9.67 Å². The molecule has 0 aliphatic rings. The summed E-state index contributed by atoms with van der Waals surface area (Å²) < 4.78 is 15.3. The van der Waals surface area contributed by atoms with Gasteiger partial charge in [-0.05, 0) is 24.1 Å². The van der Waals surface area contributed by atoms with E-state index in [0.717, 1.165) is 18.7 Å². The standard InChI is InChI=1S/C14H16ClFN2O/c1-2-5-18-9-17-8-13(18)14(19)7-10-3-4-11(15)12(16)6-10/h3-4,6,8-9,14,19H,2,5,7H2,1H3. The van der Waals surface area contributed by atoms with Crippen LogP contribution < -0.4 is 0 Å². The summed E-state index contributed by atoms with van der Waals surface area (Å²) >= 11 is 5.63. The first-order chi connectivity index (χ1) is 9.11. The lowest BCUT2D eigenvalue weighted by molar-refractivity contribution is 0.168. The molecule has 1 heterocycles. The minimum Gasteiger partial charge on any atom is -0.386 e. The SMILES string of the molecule is CCCn1cncc1C(O)Cc1ccc(Cl)c(F)c1. The number of rotatable bonds is 5. The summed E-state index contributed by atoms with van der Waals surface area (Å²) in [6, 6.07) is 4.57. The van der Waals surface area contributed by atoms with Gasteiger partial charge in [0.2, 0.25) is 0 Å². The molecule has 0 aliphatic carbocycles. The summed E-state index contributed by atoms with van der Waals surface area (Å²) in [7, 11) is 0. The molecular formula is C14H16ClFN2O. The Bertz CT molecular complexity index is 556. The van der Waals surface area contributed by atoms with Crippen molar-refractivity contribution < 1.29 is 9.50 Å². The zero-order valence-electron chi connectivity index (χ0n) is 10.7. The van der Waals surface area contributed by atoms with E-state index >= 15 is 0 Å². The maximum Gasteiger partial charge on any atom is 0.142 e. The molecule has 1 atom stereocenters. The highest BCUT2D eigenvalue weighted by atomic mass is 35.5. The van der Waals surface area contributed by atoms with Gasteiger partial charge in [-0.1, -0.05) is 24.6 Å². The van der Waals surface area contributed by atoms with Crippen LogP contribution in [0.1, 0.15) is 30.7 Å². The maximum atomic E-state index is 13.3. The number of aliphatic hydroxyl groups is 1. The van der Waals surface area contributed by atoms with Gasteiger partial charge in [-0.25, -0.2) is 9.37 Å². The zero-order valence-corrected chi connectivity index (χ0v) is 11.4. The lowest BCUT2D eigenvalue weighted by atomic mass is 10.1. The Labute approximate surface area is 116 Å². The van der Waals surface area contributed by atoms with E-state index < -0.39 is 11.9 Å². The first kappa shape index (κ1) is 14.0. The van der Waals surface area contributed by atoms with Crippen LogP contribution in [0.2, 0.25) is 5.02 Å². The number of aromatic nitrogens is 2. The van der Waals surface area contributed by atoms with E-state index in [1.54, 1.807) is 18.6 Å². The fourth-order valence-corrected chi connectivity index (χ4v) is 2.15. The number of nitrogens with zero attached hydrogens (tertiary/aromatic N) is 2. The Hall–Kier alpha value is -1.39. The van der Waals surface area contributed by atoms with Gasteiger partial charge in [0, 0.05) is 13.0 Å². The lowest BCUT2D eigenvalue weighted by Crippen LogP contribution is -2.09. The van der Waals surface area contributed by atoms with Gasteiger partial charge in [-0.2, -0.15) is 0 Å². The minimum absolute atomic E-state index is 0.0919. The summed E-state index contributed by atoms with van der Waals surface area (Å²) in [5, 5.41) is 10.3. The predicted molar refractivity (Wildman–Crippen MR) is 72.6 cm³/mol. The van der Waals surface area contributed by atoms with Gasteiger partial charge in [-0.3, -0.25) is 0 Å². The van der Waals surface area contributed by atoms with Crippen LogP contribution in [-0.2, 0) is 13.0 Å². The fourth-order valence-electron chi connectivity index (χ4n) is 2.03. The number of aryl methyl sites for hydroxylation is 1. The van der Waals surface area contributed by atoms with E-state index in [1.165, 1.54) is 12.1 Å². The van der Waals surface area contributed by atoms with Crippen LogP contribution in [0.15, 0.2) is 30.7 Å². The number of imidazole rings is 1. The molecule has 1 unspecified atom stereocenters. The van der Waals surface area contributed by atoms with Crippen molar-refractivity contribution in [3.8, 4) is 0 Å². The van der Waals surface area contributed by atoms with Crippen LogP contribution in [0.25, 0.3) is 0 Å². The zero-order chi connectivity index (χ0) is 13.8. The molecule has 2 aromatic rings. The molecule has 1 N–H and O–H groups in total. The fraction of sp³-hybridized carbons (Fsp3) is 0.357. The first-order valence-corrected chi connectivity index (χ1v) is 6.61. The first-order valence-electron chi connectivity index (χ1n) is 6.23. The maximum absolute atomic E-state index is 13.3. The second kappa shape index (κ2) is 6.17. The highest BCUT2D eigenvalue weighted by molar-refractivity contribution is 6.30. The van der Waals surface area contributed by atoms with E-state index in [4.69, 9.17) is 11.6 Å². The Morgan fingerprint density at radius 2 is 2.26 bits per heavy atom. The molecule has 2 rings (SSSR count). The van der Waals surface area contributed by atoms with Crippen LogP contribution in [0.4, 0.5) is 4.39 Å². The van der Waals surface area contributed by atoms with Crippen LogP contribution in [0.5, 0.6) is 0 Å². The number of aliphatic hydroxyl groups excluding tert-OH is 1. The Kier molecular flexibility index (Phi) is 4.56. The summed E-state index contributed by atoms with van der Waals surface area (Å²) in [5.41, 5.74) is 1.45. The molecule has 102 valence electrons. The number of hydrogen-bond donors (Lipinski definition) is 1. The van der Waals surface area contributed by atoms with E-state index in [1.807, 2.05) is 4.57 Å². The quantitative estimate of drug-likeness (QED) is 0.913. The van der Waals surface area contributed by atoms with E-state index in [9.17, 15) is 9.50 Å². The van der Waals surface area contributed by atoms with Crippen molar-refractivity contribution in [1.82, 2.24) is 9.55 Å². The van der Waals surface area contributed by atoms with E-state index in [2.05, 4.69) is 11.9 Å². The molecule has 0 bridgehead atoms. The predicted octanol–water partition coefficient (Wildman–Crippen LogP) is 3.36. The highest BCUT2D eigenvalue weighted by Crippen LogP contribution is 2.21. The largest absolute Gasteiger partial charge is 0.386 e. The van der Waals surface area contributed by atoms with Crippen LogP contribution >= 0.6 is 11.6 Å². The molecule has 5 heteroatoms. The van der Waals surface area contributed by atoms with Crippen molar-refractivity contribution in [1.29, 1.82) is 0 Å². The molecule has 0 aliphatic heterocycles. The van der Waals surface area contributed by atoms with Crippen molar-refractivity contribution in [2.75, 3.05) is 0 Å². The average molecular weight is 283 g/mol. The van der Waals surface area contributed by atoms with Crippen molar-refractivity contribution in [3.63, 3.8) is 0 Å². The summed E-state index contributed by atoms with van der Waals surface area (Å²) in [5.74, 6) is -0.464. The molecule has 19 heavy (non-hydrogen) atoms. The third kappa shape index (κ3) is 3.33. The number of hydrogen-bond acceptors (Lipinski definition) is 2. The molecule has 0 spiro atoms. The van der Waals surface area contributed by atoms with Crippen molar-refractivity contribution in [2.45, 2.75) is 32.4 Å². The van der Waals surface area contributed by atoms with E-state index in [-0.39, 0.29) is 5.02 Å². The molecule has 0 amide bonds. The van der Waals surface area contributed by atoms with Gasteiger partial charge in [0.1, 0.15) is 5.82 Å². The monoisotopic (exact) mass is 282 g/mol. The molecular weight excluding hydrogens is 267 g/mol. The lowest BCUT2D eigenvalue weighted by Gasteiger charge is -2.13. The van der Waals surface area contributed by atoms with Gasteiger partial charge in [0.05, 0.1) is 29.3 Å². The van der Waals surface area contributed by atoms with E-state index in [0.29, 0.717) is 12.0 Å². The third-order valence-electron chi connectivity index (χ3n) is 2.96. The highest BCUT2D eigenvalue weighted by Gasteiger charge is 2.14. The minimum atomic E-state index is -0.699. The molecule has 3 nitrogen and oxygen atoms in total. The summed E-state index contributed by atoms with van der Waals surface area (Å²) in [6.45, 7) is 2.87. The molecule has 0 radical (unpaired) electrons. The van der Waals surface area contributed by atoms with Gasteiger partial charge in [-0.15, -0.1) is 0 Å². The summed E-state index contributed by atoms with van der Waals surface area (Å²) in [6.07, 6.45) is 3.95. The molecule has 0 saturated heterocycles. The van der Waals surface area contributed by atoms with Gasteiger partial charge in [0.15, 0.2) is 0 Å². The van der Waals surface area contributed by atoms with Crippen LogP contribution in [0.3, 0.4) is 0 Å². The van der Waals surface area contributed by atoms with Crippen LogP contribution in [0, 0.1) is 5.82 Å². The van der Waals surface area contributed by atoms with Crippen molar-refractivity contribution in [2.24, 2.45) is 0 Å². The third-order valence-corrected chi connectivity index (χ3v) is 3.27. The average Bonchev–Trinajstić information content (AvgIpc) is 2.83. The Morgan fingerprint density at radius 3 is 2.95 bits per heavy atom. The van der Waals surface area contributed by atoms with Crippen molar-refractivity contribution in [3.05, 3.63) is 52.8 Å². The number of halogens is 2. The normalized spacial score (nSPS) is 12.6. The molecule has 1 aromatic heterocycles. The topological polar surface area (TPSA) is 38.0 Å². The molecule has 0 saturated carbocycles. The molecule has 0 fully saturated rings. The van der Waals surface area contributed by atoms with Gasteiger partial charge >= 0.3 is 0 Å². The molecule has 1 aromatic carbocycles. The summed E-state index contributed by atoms with van der Waals surface area (Å²) in [4.78, 5) is 4.04. The number of benzene rings is 1.